The van der Waals surface area contributed by atoms with Crippen LogP contribution in [0.2, 0.25) is 0 Å². The first-order valence-electron chi connectivity index (χ1n) is 7.23. The Hall–Kier alpha value is -1.12. The van der Waals surface area contributed by atoms with Gasteiger partial charge in [0.2, 0.25) is 0 Å². The van der Waals surface area contributed by atoms with Crippen molar-refractivity contribution in [2.75, 3.05) is 6.61 Å². The number of benzene rings is 2. The molecule has 0 saturated carbocycles. The Morgan fingerprint density at radius 1 is 1.05 bits per heavy atom. The molecule has 1 aliphatic rings. The van der Waals surface area contributed by atoms with Gasteiger partial charge in [-0.3, -0.25) is 0 Å². The summed E-state index contributed by atoms with van der Waals surface area (Å²) in [7, 11) is 0. The van der Waals surface area contributed by atoms with Gasteiger partial charge in [-0.05, 0) is 60.1 Å². The van der Waals surface area contributed by atoms with Crippen molar-refractivity contribution in [3.05, 3.63) is 69.2 Å². The Kier molecular flexibility index (Phi) is 4.23. The van der Waals surface area contributed by atoms with E-state index < -0.39 is 0 Å². The fraction of sp³-hybridized carbons (Fsp3) is 0.333. The highest BCUT2D eigenvalue weighted by molar-refractivity contribution is 9.10. The molecule has 1 nitrogen and oxygen atoms in total. The number of aryl methyl sites for hydroxylation is 2. The first-order chi connectivity index (χ1) is 9.76. The van der Waals surface area contributed by atoms with Gasteiger partial charge in [-0.15, -0.1) is 0 Å². The van der Waals surface area contributed by atoms with Crippen LogP contribution in [0.1, 0.15) is 34.6 Å². The molecule has 1 N–H and O–H groups in total. The molecule has 0 bridgehead atoms. The van der Waals surface area contributed by atoms with Crippen molar-refractivity contribution in [1.29, 1.82) is 0 Å². The summed E-state index contributed by atoms with van der Waals surface area (Å²) in [6, 6.07) is 15.1. The Morgan fingerprint density at radius 3 is 2.70 bits per heavy atom. The van der Waals surface area contributed by atoms with Crippen LogP contribution in [-0.4, -0.2) is 11.7 Å². The van der Waals surface area contributed by atoms with E-state index in [-0.39, 0.29) is 12.5 Å². The zero-order chi connectivity index (χ0) is 13.9. The molecule has 0 spiro atoms. The van der Waals surface area contributed by atoms with E-state index in [4.69, 9.17) is 0 Å². The zero-order valence-electron chi connectivity index (χ0n) is 11.5. The first kappa shape index (κ1) is 13.8. The van der Waals surface area contributed by atoms with Crippen LogP contribution in [-0.2, 0) is 19.3 Å². The predicted octanol–water partition coefficient (Wildman–Crippen LogP) is 4.26. The second kappa shape index (κ2) is 6.11. The predicted molar refractivity (Wildman–Crippen MR) is 86.1 cm³/mol. The zero-order valence-corrected chi connectivity index (χ0v) is 13.1. The van der Waals surface area contributed by atoms with Crippen molar-refractivity contribution < 1.29 is 5.11 Å². The van der Waals surface area contributed by atoms with Crippen molar-refractivity contribution in [2.45, 2.75) is 31.6 Å². The number of hydrogen-bond donors (Lipinski definition) is 1. The number of fused-ring (bicyclic) bond motifs is 1. The molecule has 2 heteroatoms. The summed E-state index contributed by atoms with van der Waals surface area (Å²) in [6.07, 6.45) is 4.63. The fourth-order valence-electron chi connectivity index (χ4n) is 3.08. The third-order valence-corrected chi connectivity index (χ3v) is 4.68. The average Bonchev–Trinajstić information content (AvgIpc) is 2.92. The van der Waals surface area contributed by atoms with Crippen LogP contribution in [0.4, 0.5) is 0 Å². The highest BCUT2D eigenvalue weighted by Crippen LogP contribution is 2.27. The lowest BCUT2D eigenvalue weighted by molar-refractivity contribution is 0.264. The number of aliphatic hydroxyl groups excluding tert-OH is 1. The Balaban J connectivity index is 1.81. The highest BCUT2D eigenvalue weighted by atomic mass is 79.9. The maximum Gasteiger partial charge on any atom is 0.0502 e. The summed E-state index contributed by atoms with van der Waals surface area (Å²) in [5, 5.41) is 9.71. The molecule has 0 fully saturated rings. The van der Waals surface area contributed by atoms with Gasteiger partial charge in [-0.2, -0.15) is 0 Å². The van der Waals surface area contributed by atoms with E-state index in [9.17, 15) is 5.11 Å². The minimum atomic E-state index is 0.173. The second-order valence-electron chi connectivity index (χ2n) is 5.60. The minimum absolute atomic E-state index is 0.173. The molecule has 0 saturated heterocycles. The van der Waals surface area contributed by atoms with Crippen LogP contribution in [0.15, 0.2) is 46.9 Å². The molecule has 1 unspecified atom stereocenters. The van der Waals surface area contributed by atoms with Crippen molar-refractivity contribution in [3.63, 3.8) is 0 Å². The van der Waals surface area contributed by atoms with Crippen LogP contribution in [0, 0.1) is 0 Å². The fourth-order valence-corrected chi connectivity index (χ4v) is 3.50. The van der Waals surface area contributed by atoms with Gasteiger partial charge in [0.1, 0.15) is 0 Å². The van der Waals surface area contributed by atoms with Gasteiger partial charge in [0, 0.05) is 10.4 Å². The lowest BCUT2D eigenvalue weighted by Crippen LogP contribution is -2.08. The molecule has 0 amide bonds. The molecule has 0 radical (unpaired) electrons. The molecular formula is C18H19BrO. The summed E-state index contributed by atoms with van der Waals surface area (Å²) in [5.74, 6) is 0.173. The molecule has 20 heavy (non-hydrogen) atoms. The summed E-state index contributed by atoms with van der Waals surface area (Å²) < 4.78 is 1.07. The molecule has 0 heterocycles. The van der Waals surface area contributed by atoms with E-state index in [1.54, 1.807) is 0 Å². The molecule has 0 aliphatic heterocycles. The van der Waals surface area contributed by atoms with Crippen LogP contribution < -0.4 is 0 Å². The molecule has 2 aromatic carbocycles. The summed E-state index contributed by atoms with van der Waals surface area (Å²) in [4.78, 5) is 0. The van der Waals surface area contributed by atoms with E-state index in [0.29, 0.717) is 0 Å². The normalized spacial score (nSPS) is 15.1. The topological polar surface area (TPSA) is 20.2 Å². The van der Waals surface area contributed by atoms with Gasteiger partial charge in [0.05, 0.1) is 6.61 Å². The van der Waals surface area contributed by atoms with Gasteiger partial charge in [0.25, 0.3) is 0 Å². The number of rotatable bonds is 4. The SMILES string of the molecule is OCC(Cc1ccc2c(c1)CCC2)c1cccc(Br)c1. The van der Waals surface area contributed by atoms with Crippen molar-refractivity contribution >= 4 is 15.9 Å². The lowest BCUT2D eigenvalue weighted by Gasteiger charge is -2.16. The maximum atomic E-state index is 9.71. The largest absolute Gasteiger partial charge is 0.396 e. The van der Waals surface area contributed by atoms with Gasteiger partial charge in [-0.25, -0.2) is 0 Å². The van der Waals surface area contributed by atoms with E-state index in [1.165, 1.54) is 41.5 Å². The summed E-state index contributed by atoms with van der Waals surface area (Å²) >= 11 is 3.50. The average molecular weight is 331 g/mol. The third kappa shape index (κ3) is 2.97. The van der Waals surface area contributed by atoms with Crippen LogP contribution in [0.3, 0.4) is 0 Å². The van der Waals surface area contributed by atoms with Gasteiger partial charge in [-0.1, -0.05) is 46.3 Å². The molecule has 1 atom stereocenters. The highest BCUT2D eigenvalue weighted by Gasteiger charge is 2.15. The maximum absolute atomic E-state index is 9.71. The molecule has 104 valence electrons. The van der Waals surface area contributed by atoms with Gasteiger partial charge in [0.15, 0.2) is 0 Å². The Labute approximate surface area is 128 Å². The van der Waals surface area contributed by atoms with Crippen LogP contribution in [0.5, 0.6) is 0 Å². The first-order valence-corrected chi connectivity index (χ1v) is 8.02. The van der Waals surface area contributed by atoms with Crippen molar-refractivity contribution in [2.24, 2.45) is 0 Å². The standard InChI is InChI=1S/C18H19BrO/c19-18-6-2-5-16(11-18)17(12-20)10-13-7-8-14-3-1-4-15(14)9-13/h2,5-9,11,17,20H,1,3-4,10,12H2. The van der Waals surface area contributed by atoms with E-state index in [2.05, 4.69) is 46.3 Å². The summed E-state index contributed by atoms with van der Waals surface area (Å²) in [5.41, 5.74) is 5.55. The second-order valence-corrected chi connectivity index (χ2v) is 6.51. The Bertz CT molecular complexity index is 606. The van der Waals surface area contributed by atoms with Gasteiger partial charge < -0.3 is 5.11 Å². The number of halogens is 1. The van der Waals surface area contributed by atoms with Gasteiger partial charge >= 0.3 is 0 Å². The quantitative estimate of drug-likeness (QED) is 0.888. The van der Waals surface area contributed by atoms with Crippen molar-refractivity contribution in [3.8, 4) is 0 Å². The van der Waals surface area contributed by atoms with Crippen molar-refractivity contribution in [1.82, 2.24) is 0 Å². The van der Waals surface area contributed by atoms with Crippen LogP contribution in [0.25, 0.3) is 0 Å². The smallest absolute Gasteiger partial charge is 0.0502 e. The molecule has 3 rings (SSSR count). The Morgan fingerprint density at radius 2 is 1.90 bits per heavy atom. The number of aliphatic hydroxyl groups is 1. The molecule has 2 aromatic rings. The lowest BCUT2D eigenvalue weighted by atomic mass is 9.91. The minimum Gasteiger partial charge on any atom is -0.396 e. The monoisotopic (exact) mass is 330 g/mol. The number of hydrogen-bond acceptors (Lipinski definition) is 1. The summed E-state index contributed by atoms with van der Waals surface area (Å²) in [6.45, 7) is 0.188. The third-order valence-electron chi connectivity index (χ3n) is 4.19. The molecule has 1 aliphatic carbocycles. The molecular weight excluding hydrogens is 312 g/mol. The van der Waals surface area contributed by atoms with Crippen LogP contribution >= 0.6 is 15.9 Å². The van der Waals surface area contributed by atoms with E-state index in [1.807, 2.05) is 12.1 Å². The van der Waals surface area contributed by atoms with E-state index >= 15 is 0 Å². The molecule has 0 aromatic heterocycles. The van der Waals surface area contributed by atoms with E-state index in [0.717, 1.165) is 10.9 Å².